The quantitative estimate of drug-likeness (QED) is 0.480. The van der Waals surface area contributed by atoms with Crippen molar-refractivity contribution in [3.63, 3.8) is 0 Å². The SMILES string of the molecule is CCN(c1nc(N)nc(N)c1C#N)c1nc2cccc(Cl)c2c(=O)n1-c1cncc(C)c1. The van der Waals surface area contributed by atoms with Gasteiger partial charge >= 0.3 is 0 Å². The Kier molecular flexibility index (Phi) is 5.34. The Hall–Kier alpha value is -4.23. The number of pyridine rings is 1. The molecule has 11 heteroatoms. The van der Waals surface area contributed by atoms with Crippen LogP contribution in [0.15, 0.2) is 41.5 Å². The number of hydrogen-bond acceptors (Lipinski definition) is 9. The molecular formula is C21H18ClN9O. The third-order valence-corrected chi connectivity index (χ3v) is 5.12. The molecular weight excluding hydrogens is 430 g/mol. The van der Waals surface area contributed by atoms with Crippen LogP contribution in [0.5, 0.6) is 0 Å². The number of aromatic nitrogens is 5. The molecule has 3 heterocycles. The molecule has 4 N–H and O–H groups in total. The molecule has 0 aliphatic heterocycles. The minimum atomic E-state index is -0.394. The molecule has 32 heavy (non-hydrogen) atoms. The molecule has 0 amide bonds. The highest BCUT2D eigenvalue weighted by Crippen LogP contribution is 2.31. The van der Waals surface area contributed by atoms with Crippen LogP contribution < -0.4 is 21.9 Å². The molecule has 0 saturated carbocycles. The molecule has 0 aliphatic carbocycles. The fourth-order valence-corrected chi connectivity index (χ4v) is 3.68. The molecule has 0 unspecified atom stereocenters. The van der Waals surface area contributed by atoms with E-state index in [2.05, 4.69) is 15.0 Å². The van der Waals surface area contributed by atoms with Crippen LogP contribution >= 0.6 is 11.6 Å². The molecule has 0 fully saturated rings. The van der Waals surface area contributed by atoms with Crippen molar-refractivity contribution < 1.29 is 0 Å². The first-order valence-electron chi connectivity index (χ1n) is 9.59. The fourth-order valence-electron chi connectivity index (χ4n) is 3.42. The molecule has 0 bridgehead atoms. The third kappa shape index (κ3) is 3.44. The predicted molar refractivity (Wildman–Crippen MR) is 123 cm³/mol. The number of halogens is 1. The Labute approximate surface area is 187 Å². The lowest BCUT2D eigenvalue weighted by Crippen LogP contribution is -2.31. The van der Waals surface area contributed by atoms with Crippen LogP contribution in [0.25, 0.3) is 16.6 Å². The topological polar surface area (TPSA) is 153 Å². The van der Waals surface area contributed by atoms with Crippen LogP contribution in [0.2, 0.25) is 5.02 Å². The van der Waals surface area contributed by atoms with Gasteiger partial charge in [-0.25, -0.2) is 9.55 Å². The number of fused-ring (bicyclic) bond motifs is 1. The van der Waals surface area contributed by atoms with E-state index in [1.165, 1.54) is 4.57 Å². The molecule has 0 saturated heterocycles. The van der Waals surface area contributed by atoms with Crippen LogP contribution in [0.1, 0.15) is 18.1 Å². The number of nitrogen functional groups attached to an aromatic ring is 2. The Morgan fingerprint density at radius 3 is 2.69 bits per heavy atom. The van der Waals surface area contributed by atoms with Crippen molar-refractivity contribution >= 4 is 46.0 Å². The van der Waals surface area contributed by atoms with E-state index in [0.717, 1.165) is 5.56 Å². The summed E-state index contributed by atoms with van der Waals surface area (Å²) >= 11 is 6.35. The van der Waals surface area contributed by atoms with Gasteiger partial charge in [-0.3, -0.25) is 14.7 Å². The van der Waals surface area contributed by atoms with E-state index >= 15 is 0 Å². The summed E-state index contributed by atoms with van der Waals surface area (Å²) in [5.41, 5.74) is 13.1. The second-order valence-electron chi connectivity index (χ2n) is 6.93. The van der Waals surface area contributed by atoms with E-state index in [1.54, 1.807) is 41.6 Å². The van der Waals surface area contributed by atoms with Crippen LogP contribution in [-0.4, -0.2) is 31.0 Å². The number of nitriles is 1. The number of nitrogens with zero attached hydrogens (tertiary/aromatic N) is 7. The Morgan fingerprint density at radius 1 is 1.22 bits per heavy atom. The van der Waals surface area contributed by atoms with Crippen LogP contribution in [-0.2, 0) is 0 Å². The van der Waals surface area contributed by atoms with E-state index < -0.39 is 5.56 Å². The lowest BCUT2D eigenvalue weighted by atomic mass is 10.2. The minimum absolute atomic E-state index is 0.0235. The number of benzene rings is 1. The zero-order valence-corrected chi connectivity index (χ0v) is 18.0. The Balaban J connectivity index is 2.14. The minimum Gasteiger partial charge on any atom is -0.382 e. The molecule has 0 radical (unpaired) electrons. The summed E-state index contributed by atoms with van der Waals surface area (Å²) in [5.74, 6) is 0.171. The number of anilines is 4. The first kappa shape index (κ1) is 21.0. The van der Waals surface area contributed by atoms with Gasteiger partial charge in [-0.15, -0.1) is 0 Å². The van der Waals surface area contributed by atoms with Gasteiger partial charge in [0, 0.05) is 12.7 Å². The third-order valence-electron chi connectivity index (χ3n) is 4.81. The average molecular weight is 448 g/mol. The van der Waals surface area contributed by atoms with Crippen LogP contribution in [0, 0.1) is 18.3 Å². The van der Waals surface area contributed by atoms with Gasteiger partial charge in [0.05, 0.1) is 27.8 Å². The maximum atomic E-state index is 13.7. The first-order chi connectivity index (χ1) is 15.3. The van der Waals surface area contributed by atoms with E-state index in [1.807, 2.05) is 19.9 Å². The van der Waals surface area contributed by atoms with Gasteiger partial charge in [-0.1, -0.05) is 17.7 Å². The van der Waals surface area contributed by atoms with E-state index in [9.17, 15) is 10.1 Å². The van der Waals surface area contributed by atoms with Gasteiger partial charge in [0.1, 0.15) is 17.5 Å². The van der Waals surface area contributed by atoms with Gasteiger partial charge in [0.25, 0.3) is 5.56 Å². The van der Waals surface area contributed by atoms with E-state index in [4.69, 9.17) is 28.1 Å². The van der Waals surface area contributed by atoms with Crippen LogP contribution in [0.3, 0.4) is 0 Å². The van der Waals surface area contributed by atoms with Gasteiger partial charge in [-0.05, 0) is 37.6 Å². The van der Waals surface area contributed by atoms with Crippen molar-refractivity contribution in [1.29, 1.82) is 5.26 Å². The van der Waals surface area contributed by atoms with Gasteiger partial charge in [0.15, 0.2) is 5.82 Å². The molecule has 1 aromatic carbocycles. The molecule has 0 aliphatic rings. The summed E-state index contributed by atoms with van der Waals surface area (Å²) in [5, 5.41) is 10.2. The predicted octanol–water partition coefficient (Wildman–Crippen LogP) is 2.73. The summed E-state index contributed by atoms with van der Waals surface area (Å²) in [7, 11) is 0. The smallest absolute Gasteiger partial charge is 0.268 e. The average Bonchev–Trinajstić information content (AvgIpc) is 2.74. The van der Waals surface area contributed by atoms with E-state index in [0.29, 0.717) is 17.7 Å². The molecule has 4 aromatic rings. The summed E-state index contributed by atoms with van der Waals surface area (Å²) in [6.07, 6.45) is 3.22. The fraction of sp³-hybridized carbons (Fsp3) is 0.143. The molecule has 4 rings (SSSR count). The van der Waals surface area contributed by atoms with Crippen molar-refractivity contribution in [3.05, 3.63) is 63.2 Å². The standard InChI is InChI=1S/C21H18ClN9O/c1-3-30(18-13(8-23)17(24)28-20(25)29-18)21-27-15-6-4-5-14(22)16(15)19(32)31(21)12-7-11(2)9-26-10-12/h4-7,9-10H,3H2,1-2H3,(H4,24,25,28,29). The normalized spacial score (nSPS) is 10.8. The second kappa shape index (κ2) is 8.13. The largest absolute Gasteiger partial charge is 0.382 e. The molecule has 0 spiro atoms. The van der Waals surface area contributed by atoms with Gasteiger partial charge in [0.2, 0.25) is 11.9 Å². The zero-order chi connectivity index (χ0) is 23.0. The molecule has 10 nitrogen and oxygen atoms in total. The Bertz CT molecular complexity index is 1460. The molecule has 160 valence electrons. The summed E-state index contributed by atoms with van der Waals surface area (Å²) in [6, 6.07) is 8.82. The lowest BCUT2D eigenvalue weighted by Gasteiger charge is -2.26. The molecule has 3 aromatic heterocycles. The van der Waals surface area contributed by atoms with Crippen molar-refractivity contribution in [2.75, 3.05) is 22.9 Å². The first-order valence-corrected chi connectivity index (χ1v) is 9.97. The number of aryl methyl sites for hydroxylation is 1. The van der Waals surface area contributed by atoms with Gasteiger partial charge < -0.3 is 11.5 Å². The maximum Gasteiger partial charge on any atom is 0.268 e. The summed E-state index contributed by atoms with van der Waals surface area (Å²) < 4.78 is 1.38. The van der Waals surface area contributed by atoms with E-state index in [-0.39, 0.29) is 39.5 Å². The second-order valence-corrected chi connectivity index (χ2v) is 7.34. The summed E-state index contributed by atoms with van der Waals surface area (Å²) in [6.45, 7) is 3.98. The lowest BCUT2D eigenvalue weighted by molar-refractivity contribution is 0.856. The summed E-state index contributed by atoms with van der Waals surface area (Å²) in [4.78, 5) is 32.2. The highest BCUT2D eigenvalue weighted by atomic mass is 35.5. The number of rotatable bonds is 4. The van der Waals surface area contributed by atoms with Crippen molar-refractivity contribution in [3.8, 4) is 11.8 Å². The monoisotopic (exact) mass is 447 g/mol. The van der Waals surface area contributed by atoms with Gasteiger partial charge in [-0.2, -0.15) is 15.2 Å². The number of nitrogens with two attached hydrogens (primary N) is 2. The number of hydrogen-bond donors (Lipinski definition) is 2. The van der Waals surface area contributed by atoms with Crippen molar-refractivity contribution in [1.82, 2.24) is 24.5 Å². The van der Waals surface area contributed by atoms with Crippen LogP contribution in [0.4, 0.5) is 23.5 Å². The highest BCUT2D eigenvalue weighted by molar-refractivity contribution is 6.35. The zero-order valence-electron chi connectivity index (χ0n) is 17.2. The molecule has 0 atom stereocenters. The maximum absolute atomic E-state index is 13.7. The van der Waals surface area contributed by atoms with Crippen molar-refractivity contribution in [2.24, 2.45) is 0 Å². The Morgan fingerprint density at radius 2 is 2.00 bits per heavy atom. The van der Waals surface area contributed by atoms with Crippen molar-refractivity contribution in [2.45, 2.75) is 13.8 Å². The highest BCUT2D eigenvalue weighted by Gasteiger charge is 2.25.